The van der Waals surface area contributed by atoms with Crippen LogP contribution in [0.5, 0.6) is 0 Å². The normalized spacial score (nSPS) is 11.1. The van der Waals surface area contributed by atoms with E-state index in [9.17, 15) is 0 Å². The molecule has 0 aliphatic carbocycles. The minimum atomic E-state index is 0.805. The first-order chi connectivity index (χ1) is 8.31. The number of nitrogens with zero attached hydrogens (tertiary/aromatic N) is 1. The van der Waals surface area contributed by atoms with E-state index in [2.05, 4.69) is 41.5 Å². The third-order valence-corrected chi connectivity index (χ3v) is 3.11. The van der Waals surface area contributed by atoms with Crippen LogP contribution in [0.4, 0.5) is 5.69 Å². The molecule has 0 saturated carbocycles. The minimum Gasteiger partial charge on any atom is -0.399 e. The molecule has 0 aliphatic heterocycles. The Bertz CT molecular complexity index is 707. The van der Waals surface area contributed by atoms with E-state index in [1.165, 1.54) is 21.8 Å². The molecule has 2 heteroatoms. The lowest BCUT2D eigenvalue weighted by molar-refractivity contribution is 0.901. The average Bonchev–Trinajstić information content (AvgIpc) is 2.65. The van der Waals surface area contributed by atoms with Crippen LogP contribution in [0.1, 0.15) is 0 Å². The van der Waals surface area contributed by atoms with Gasteiger partial charge >= 0.3 is 0 Å². The van der Waals surface area contributed by atoms with Crippen LogP contribution in [0.3, 0.4) is 0 Å². The van der Waals surface area contributed by atoms with Gasteiger partial charge < -0.3 is 10.3 Å². The molecule has 84 valence electrons. The summed E-state index contributed by atoms with van der Waals surface area (Å²) in [5.41, 5.74) is 9.11. The number of hydrogen-bond donors (Lipinski definition) is 1. The van der Waals surface area contributed by atoms with Gasteiger partial charge in [0.25, 0.3) is 0 Å². The van der Waals surface area contributed by atoms with E-state index < -0.39 is 0 Å². The number of aromatic nitrogens is 1. The number of rotatable bonds is 2. The SMILES string of the molecule is C=CCn1c2ccccc2c2cc(N)ccc21. The minimum absolute atomic E-state index is 0.805. The van der Waals surface area contributed by atoms with Crippen LogP contribution in [0, 0.1) is 0 Å². The zero-order valence-corrected chi connectivity index (χ0v) is 9.56. The van der Waals surface area contributed by atoms with Crippen molar-refractivity contribution < 1.29 is 0 Å². The molecule has 0 bridgehead atoms. The van der Waals surface area contributed by atoms with Crippen LogP contribution in [0.2, 0.25) is 0 Å². The van der Waals surface area contributed by atoms with Gasteiger partial charge in [-0.05, 0) is 24.3 Å². The van der Waals surface area contributed by atoms with Crippen LogP contribution in [-0.2, 0) is 6.54 Å². The molecule has 0 atom stereocenters. The molecule has 3 aromatic rings. The third kappa shape index (κ3) is 1.41. The first-order valence-electron chi connectivity index (χ1n) is 5.68. The molecule has 0 unspecified atom stereocenters. The Morgan fingerprint density at radius 1 is 1.06 bits per heavy atom. The molecule has 0 aliphatic rings. The highest BCUT2D eigenvalue weighted by Gasteiger charge is 2.08. The lowest BCUT2D eigenvalue weighted by Gasteiger charge is -2.03. The van der Waals surface area contributed by atoms with Gasteiger partial charge in [0.2, 0.25) is 0 Å². The summed E-state index contributed by atoms with van der Waals surface area (Å²) < 4.78 is 2.26. The van der Waals surface area contributed by atoms with E-state index in [1.54, 1.807) is 0 Å². The van der Waals surface area contributed by atoms with Gasteiger partial charge in [-0.2, -0.15) is 0 Å². The molecule has 3 rings (SSSR count). The van der Waals surface area contributed by atoms with Crippen LogP contribution < -0.4 is 5.73 Å². The number of anilines is 1. The maximum Gasteiger partial charge on any atom is 0.0495 e. The molecule has 0 radical (unpaired) electrons. The Kier molecular flexibility index (Phi) is 2.15. The van der Waals surface area contributed by atoms with Gasteiger partial charge in [-0.25, -0.2) is 0 Å². The number of nitrogens with two attached hydrogens (primary N) is 1. The zero-order chi connectivity index (χ0) is 11.8. The van der Waals surface area contributed by atoms with Gasteiger partial charge in [0.15, 0.2) is 0 Å². The number of benzene rings is 2. The Balaban J connectivity index is 2.52. The first kappa shape index (κ1) is 9.97. The quantitative estimate of drug-likeness (QED) is 0.521. The second kappa shape index (κ2) is 3.67. The highest BCUT2D eigenvalue weighted by molar-refractivity contribution is 6.08. The fourth-order valence-electron chi connectivity index (χ4n) is 2.40. The third-order valence-electron chi connectivity index (χ3n) is 3.11. The summed E-state index contributed by atoms with van der Waals surface area (Å²) in [6.45, 7) is 4.63. The van der Waals surface area contributed by atoms with Crippen LogP contribution in [0.25, 0.3) is 21.8 Å². The Hall–Kier alpha value is -2.22. The van der Waals surface area contributed by atoms with Gasteiger partial charge in [-0.15, -0.1) is 6.58 Å². The second-order valence-electron chi connectivity index (χ2n) is 4.19. The Labute approximate surface area is 100.0 Å². The highest BCUT2D eigenvalue weighted by atomic mass is 15.0. The summed E-state index contributed by atoms with van der Waals surface area (Å²) in [5, 5.41) is 2.46. The van der Waals surface area contributed by atoms with Gasteiger partial charge in [0.05, 0.1) is 0 Å². The number of allylic oxidation sites excluding steroid dienone is 1. The van der Waals surface area contributed by atoms with E-state index in [0.717, 1.165) is 12.2 Å². The molecule has 2 N–H and O–H groups in total. The fraction of sp³-hybridized carbons (Fsp3) is 0.0667. The molecule has 2 nitrogen and oxygen atoms in total. The monoisotopic (exact) mass is 222 g/mol. The van der Waals surface area contributed by atoms with Crippen LogP contribution >= 0.6 is 0 Å². The molecule has 1 aromatic heterocycles. The maximum atomic E-state index is 5.87. The molecular formula is C15H14N2. The first-order valence-corrected chi connectivity index (χ1v) is 5.68. The zero-order valence-electron chi connectivity index (χ0n) is 9.56. The lowest BCUT2D eigenvalue weighted by atomic mass is 10.1. The Morgan fingerprint density at radius 3 is 2.65 bits per heavy atom. The second-order valence-corrected chi connectivity index (χ2v) is 4.19. The van der Waals surface area contributed by atoms with Gasteiger partial charge in [-0.3, -0.25) is 0 Å². The number of fused-ring (bicyclic) bond motifs is 3. The van der Waals surface area contributed by atoms with E-state index in [0.29, 0.717) is 0 Å². The standard InChI is InChI=1S/C15H14N2/c1-2-9-17-14-6-4-3-5-12(14)13-10-11(16)7-8-15(13)17/h2-8,10H,1,9,16H2. The molecule has 0 amide bonds. The smallest absolute Gasteiger partial charge is 0.0495 e. The predicted octanol–water partition coefficient (Wildman–Crippen LogP) is 3.56. The van der Waals surface area contributed by atoms with Crippen molar-refractivity contribution in [3.63, 3.8) is 0 Å². The molecule has 2 aromatic carbocycles. The molecular weight excluding hydrogens is 208 g/mol. The Morgan fingerprint density at radius 2 is 1.82 bits per heavy atom. The van der Waals surface area contributed by atoms with Gasteiger partial charge in [0.1, 0.15) is 0 Å². The number of hydrogen-bond acceptors (Lipinski definition) is 1. The number of nitrogen functional groups attached to an aromatic ring is 1. The van der Waals surface area contributed by atoms with Crippen molar-refractivity contribution in [2.24, 2.45) is 0 Å². The highest BCUT2D eigenvalue weighted by Crippen LogP contribution is 2.30. The molecule has 0 spiro atoms. The van der Waals surface area contributed by atoms with Crippen molar-refractivity contribution in [1.29, 1.82) is 0 Å². The lowest BCUT2D eigenvalue weighted by Crippen LogP contribution is -1.93. The van der Waals surface area contributed by atoms with Crippen molar-refractivity contribution in [3.8, 4) is 0 Å². The van der Waals surface area contributed by atoms with Gasteiger partial charge in [-0.1, -0.05) is 24.3 Å². The van der Waals surface area contributed by atoms with Crippen molar-refractivity contribution in [3.05, 3.63) is 55.1 Å². The molecule has 1 heterocycles. The predicted molar refractivity (Wildman–Crippen MR) is 74.1 cm³/mol. The van der Waals surface area contributed by atoms with Crippen molar-refractivity contribution in [2.45, 2.75) is 6.54 Å². The van der Waals surface area contributed by atoms with Crippen LogP contribution in [0.15, 0.2) is 55.1 Å². The van der Waals surface area contributed by atoms with Crippen molar-refractivity contribution >= 4 is 27.5 Å². The topological polar surface area (TPSA) is 30.9 Å². The van der Waals surface area contributed by atoms with Gasteiger partial charge in [0, 0.05) is 34.0 Å². The summed E-state index contributed by atoms with van der Waals surface area (Å²) in [6, 6.07) is 14.4. The van der Waals surface area contributed by atoms with E-state index in [-0.39, 0.29) is 0 Å². The van der Waals surface area contributed by atoms with Crippen molar-refractivity contribution in [1.82, 2.24) is 4.57 Å². The summed E-state index contributed by atoms with van der Waals surface area (Å²) in [4.78, 5) is 0. The van der Waals surface area contributed by atoms with E-state index in [1.807, 2.05) is 18.2 Å². The van der Waals surface area contributed by atoms with Crippen molar-refractivity contribution in [2.75, 3.05) is 5.73 Å². The summed E-state index contributed by atoms with van der Waals surface area (Å²) in [7, 11) is 0. The van der Waals surface area contributed by atoms with Crippen LogP contribution in [-0.4, -0.2) is 4.57 Å². The average molecular weight is 222 g/mol. The largest absolute Gasteiger partial charge is 0.399 e. The molecule has 0 fully saturated rings. The number of para-hydroxylation sites is 1. The molecule has 17 heavy (non-hydrogen) atoms. The molecule has 0 saturated heterocycles. The fourth-order valence-corrected chi connectivity index (χ4v) is 2.40. The summed E-state index contributed by atoms with van der Waals surface area (Å²) in [6.07, 6.45) is 1.92. The van der Waals surface area contributed by atoms with E-state index >= 15 is 0 Å². The van der Waals surface area contributed by atoms with E-state index in [4.69, 9.17) is 5.73 Å². The summed E-state index contributed by atoms with van der Waals surface area (Å²) in [5.74, 6) is 0. The maximum absolute atomic E-state index is 5.87. The summed E-state index contributed by atoms with van der Waals surface area (Å²) >= 11 is 0.